The van der Waals surface area contributed by atoms with Crippen LogP contribution in [-0.2, 0) is 14.4 Å². The minimum absolute atomic E-state index is 0.142. The average Bonchev–Trinajstić information content (AvgIpc) is 2.84. The van der Waals surface area contributed by atoms with Gasteiger partial charge >= 0.3 is 5.97 Å². The van der Waals surface area contributed by atoms with E-state index < -0.39 is 17.9 Å². The zero-order chi connectivity index (χ0) is 11.7. The maximum Gasteiger partial charge on any atom is 0.327 e. The van der Waals surface area contributed by atoms with Gasteiger partial charge in [0.15, 0.2) is 0 Å². The van der Waals surface area contributed by atoms with E-state index in [0.717, 1.165) is 0 Å². The molecule has 2 rings (SSSR count). The van der Waals surface area contributed by atoms with E-state index in [2.05, 4.69) is 5.32 Å². The lowest BCUT2D eigenvalue weighted by Gasteiger charge is -2.22. The lowest BCUT2D eigenvalue weighted by molar-refractivity contribution is -0.149. The molecular weight excluding hydrogens is 232 g/mol. The molecule has 0 bridgehead atoms. The summed E-state index contributed by atoms with van der Waals surface area (Å²) in [6.07, 6.45) is 0.173. The molecule has 0 aromatic heterocycles. The predicted octanol–water partition coefficient (Wildman–Crippen LogP) is -0.891. The Labute approximate surface area is 96.4 Å². The van der Waals surface area contributed by atoms with E-state index in [1.54, 1.807) is 0 Å². The molecule has 7 heteroatoms. The largest absolute Gasteiger partial charge is 0.480 e. The number of nitrogens with zero attached hydrogens (tertiary/aromatic N) is 1. The summed E-state index contributed by atoms with van der Waals surface area (Å²) in [7, 11) is 0. The molecule has 0 aromatic rings. The molecule has 2 N–H and O–H groups in total. The topological polar surface area (TPSA) is 86.7 Å². The van der Waals surface area contributed by atoms with Crippen LogP contribution in [0.5, 0.6) is 0 Å². The third kappa shape index (κ3) is 1.99. The summed E-state index contributed by atoms with van der Waals surface area (Å²) in [6.45, 7) is 0.325. The second kappa shape index (κ2) is 4.32. The second-order valence-corrected chi connectivity index (χ2v) is 4.87. The molecule has 0 spiro atoms. The molecule has 6 nitrogen and oxygen atoms in total. The smallest absolute Gasteiger partial charge is 0.327 e. The van der Waals surface area contributed by atoms with Crippen molar-refractivity contribution in [3.8, 4) is 0 Å². The van der Waals surface area contributed by atoms with Gasteiger partial charge in [-0.2, -0.15) is 0 Å². The van der Waals surface area contributed by atoms with Crippen LogP contribution in [0.15, 0.2) is 0 Å². The van der Waals surface area contributed by atoms with Gasteiger partial charge in [0, 0.05) is 18.7 Å². The first-order chi connectivity index (χ1) is 7.59. The normalized spacial score (nSPS) is 29.2. The number of amides is 2. The zero-order valence-corrected chi connectivity index (χ0v) is 9.33. The molecule has 2 aliphatic heterocycles. The standard InChI is InChI=1S/C9H12N2O4S/c12-7-1-5(2-10-7)8(13)11-4-16-3-6(11)9(14)15/h5-6H,1-4H2,(H,10,12)(H,14,15)/t5?,6-/m0/s1. The predicted molar refractivity (Wildman–Crippen MR) is 56.7 cm³/mol. The fourth-order valence-corrected chi connectivity index (χ4v) is 3.03. The van der Waals surface area contributed by atoms with E-state index in [0.29, 0.717) is 18.2 Å². The van der Waals surface area contributed by atoms with Gasteiger partial charge < -0.3 is 15.3 Å². The number of rotatable bonds is 2. The second-order valence-electron chi connectivity index (χ2n) is 3.87. The van der Waals surface area contributed by atoms with E-state index in [4.69, 9.17) is 5.11 Å². The van der Waals surface area contributed by atoms with E-state index >= 15 is 0 Å². The van der Waals surface area contributed by atoms with Crippen molar-refractivity contribution in [1.82, 2.24) is 10.2 Å². The molecule has 0 radical (unpaired) electrons. The van der Waals surface area contributed by atoms with Crippen molar-refractivity contribution in [3.63, 3.8) is 0 Å². The first-order valence-electron chi connectivity index (χ1n) is 4.97. The van der Waals surface area contributed by atoms with Crippen LogP contribution < -0.4 is 5.32 Å². The molecule has 2 saturated heterocycles. The summed E-state index contributed by atoms with van der Waals surface area (Å²) in [5.74, 6) is -0.910. The van der Waals surface area contributed by atoms with Gasteiger partial charge in [-0.25, -0.2) is 4.79 Å². The number of carboxylic acid groups (broad SMARTS) is 1. The van der Waals surface area contributed by atoms with Crippen molar-refractivity contribution >= 4 is 29.5 Å². The van der Waals surface area contributed by atoms with Gasteiger partial charge in [-0.05, 0) is 0 Å². The Morgan fingerprint density at radius 1 is 1.50 bits per heavy atom. The van der Waals surface area contributed by atoms with Gasteiger partial charge in [-0.1, -0.05) is 0 Å². The zero-order valence-electron chi connectivity index (χ0n) is 8.51. The number of thioether (sulfide) groups is 1. The van der Waals surface area contributed by atoms with Gasteiger partial charge in [-0.3, -0.25) is 9.59 Å². The first kappa shape index (κ1) is 11.3. The molecule has 2 heterocycles. The summed E-state index contributed by atoms with van der Waals surface area (Å²) in [6, 6.07) is -0.742. The van der Waals surface area contributed by atoms with Gasteiger partial charge in [0.1, 0.15) is 6.04 Å². The van der Waals surface area contributed by atoms with Crippen LogP contribution in [0.4, 0.5) is 0 Å². The van der Waals surface area contributed by atoms with Gasteiger partial charge in [0.05, 0.1) is 11.8 Å². The number of aliphatic carboxylic acids is 1. The molecule has 16 heavy (non-hydrogen) atoms. The molecule has 0 aromatic carbocycles. The molecule has 2 amide bonds. The van der Waals surface area contributed by atoms with Crippen LogP contribution >= 0.6 is 11.8 Å². The molecule has 88 valence electrons. The third-order valence-corrected chi connectivity index (χ3v) is 3.79. The Bertz CT molecular complexity index is 346. The minimum atomic E-state index is -0.976. The lowest BCUT2D eigenvalue weighted by Crippen LogP contribution is -2.45. The number of carbonyl (C=O) groups excluding carboxylic acids is 2. The highest BCUT2D eigenvalue weighted by molar-refractivity contribution is 7.99. The first-order valence-corrected chi connectivity index (χ1v) is 6.13. The van der Waals surface area contributed by atoms with Crippen LogP contribution in [0.1, 0.15) is 6.42 Å². The van der Waals surface area contributed by atoms with Gasteiger partial charge in [0.25, 0.3) is 0 Å². The summed E-state index contributed by atoms with van der Waals surface area (Å²) in [4.78, 5) is 35.2. The molecule has 2 fully saturated rings. The lowest BCUT2D eigenvalue weighted by atomic mass is 10.1. The van der Waals surface area contributed by atoms with E-state index in [1.807, 2.05) is 0 Å². The number of hydrogen-bond acceptors (Lipinski definition) is 4. The maximum atomic E-state index is 12.0. The molecule has 0 aliphatic carbocycles. The minimum Gasteiger partial charge on any atom is -0.480 e. The van der Waals surface area contributed by atoms with Crippen molar-refractivity contribution in [3.05, 3.63) is 0 Å². The average molecular weight is 244 g/mol. The van der Waals surface area contributed by atoms with Gasteiger partial charge in [0.2, 0.25) is 11.8 Å². The molecule has 2 atom stereocenters. The van der Waals surface area contributed by atoms with E-state index in [1.165, 1.54) is 16.7 Å². The fourth-order valence-electron chi connectivity index (χ4n) is 1.88. The number of nitrogens with one attached hydrogen (secondary N) is 1. The summed E-state index contributed by atoms with van der Waals surface area (Å²) >= 11 is 1.43. The Hall–Kier alpha value is -1.24. The number of hydrogen-bond donors (Lipinski definition) is 2. The SMILES string of the molecule is O=C1CC(C(=O)N2CSC[C@H]2C(=O)O)CN1. The van der Waals surface area contributed by atoms with Gasteiger partial charge in [-0.15, -0.1) is 11.8 Å². The molecule has 1 unspecified atom stereocenters. The Balaban J connectivity index is 2.03. The third-order valence-electron chi connectivity index (χ3n) is 2.78. The molecule has 2 aliphatic rings. The van der Waals surface area contributed by atoms with Crippen molar-refractivity contribution in [1.29, 1.82) is 0 Å². The summed E-state index contributed by atoms with van der Waals surface area (Å²) in [5, 5.41) is 11.5. The quantitative estimate of drug-likeness (QED) is 0.658. The van der Waals surface area contributed by atoms with Crippen molar-refractivity contribution < 1.29 is 19.5 Å². The van der Waals surface area contributed by atoms with Crippen molar-refractivity contribution in [2.24, 2.45) is 5.92 Å². The van der Waals surface area contributed by atoms with Crippen LogP contribution in [0, 0.1) is 5.92 Å². The number of carboxylic acids is 1. The van der Waals surface area contributed by atoms with Crippen molar-refractivity contribution in [2.45, 2.75) is 12.5 Å². The highest BCUT2D eigenvalue weighted by Gasteiger charge is 2.39. The maximum absolute atomic E-state index is 12.0. The van der Waals surface area contributed by atoms with E-state index in [9.17, 15) is 14.4 Å². The highest BCUT2D eigenvalue weighted by Crippen LogP contribution is 2.24. The Morgan fingerprint density at radius 2 is 2.25 bits per heavy atom. The monoisotopic (exact) mass is 244 g/mol. The van der Waals surface area contributed by atoms with Crippen LogP contribution in [0.2, 0.25) is 0 Å². The van der Waals surface area contributed by atoms with Crippen LogP contribution in [0.25, 0.3) is 0 Å². The van der Waals surface area contributed by atoms with Crippen LogP contribution in [0.3, 0.4) is 0 Å². The molecular formula is C9H12N2O4S. The Morgan fingerprint density at radius 3 is 2.81 bits per heavy atom. The number of carbonyl (C=O) groups is 3. The summed E-state index contributed by atoms with van der Waals surface area (Å²) in [5.41, 5.74) is 0. The fraction of sp³-hybridized carbons (Fsp3) is 0.667. The van der Waals surface area contributed by atoms with Crippen LogP contribution in [-0.4, -0.2) is 52.0 Å². The Kier molecular flexibility index (Phi) is 3.04. The summed E-state index contributed by atoms with van der Waals surface area (Å²) < 4.78 is 0. The van der Waals surface area contributed by atoms with E-state index in [-0.39, 0.29) is 18.2 Å². The molecule has 0 saturated carbocycles. The van der Waals surface area contributed by atoms with Crippen molar-refractivity contribution in [2.75, 3.05) is 18.2 Å². The highest BCUT2D eigenvalue weighted by atomic mass is 32.2.